The molecule has 2 aromatic carbocycles. The zero-order valence-corrected chi connectivity index (χ0v) is 14.8. The molecule has 2 aliphatic rings. The molecule has 5 nitrogen and oxygen atoms in total. The van der Waals surface area contributed by atoms with Gasteiger partial charge in [-0.2, -0.15) is 0 Å². The predicted molar refractivity (Wildman–Crippen MR) is 104 cm³/mol. The third kappa shape index (κ3) is 3.68. The molecule has 0 radical (unpaired) electrons. The number of nitrogens with one attached hydrogen (secondary N) is 1. The van der Waals surface area contributed by atoms with Crippen LogP contribution in [0, 0.1) is 0 Å². The molecule has 5 heteroatoms. The van der Waals surface area contributed by atoms with E-state index in [2.05, 4.69) is 58.7 Å². The molecule has 0 unspecified atom stereocenters. The van der Waals surface area contributed by atoms with E-state index in [1.165, 1.54) is 16.8 Å². The van der Waals surface area contributed by atoms with Gasteiger partial charge in [0.05, 0.1) is 6.10 Å². The fourth-order valence-electron chi connectivity index (χ4n) is 3.68. The van der Waals surface area contributed by atoms with Crippen LogP contribution in [0.1, 0.15) is 12.8 Å². The molecule has 0 aromatic heterocycles. The largest absolute Gasteiger partial charge is 0.393 e. The number of rotatable bonds is 5. The quantitative estimate of drug-likeness (QED) is 0.813. The lowest BCUT2D eigenvalue weighted by Crippen LogP contribution is -2.45. The smallest absolute Gasteiger partial charge is 0.209 e. The second kappa shape index (κ2) is 7.38. The lowest BCUT2D eigenvalue weighted by molar-refractivity contribution is -0.118. The van der Waals surface area contributed by atoms with E-state index in [1.807, 2.05) is 4.90 Å². The van der Waals surface area contributed by atoms with Crippen molar-refractivity contribution in [1.82, 2.24) is 4.90 Å². The molecule has 1 saturated carbocycles. The van der Waals surface area contributed by atoms with E-state index in [9.17, 15) is 9.90 Å². The highest BCUT2D eigenvalue weighted by atomic mass is 16.3. The first-order valence-corrected chi connectivity index (χ1v) is 9.31. The summed E-state index contributed by atoms with van der Waals surface area (Å²) in [5.41, 5.74) is 4.69. The number of carbonyl (C=O) groups is 1. The lowest BCUT2D eigenvalue weighted by Gasteiger charge is -2.34. The maximum Gasteiger partial charge on any atom is 0.209 e. The van der Waals surface area contributed by atoms with Crippen LogP contribution in [0.15, 0.2) is 48.5 Å². The number of aliphatic hydroxyl groups excluding tert-OH is 1. The van der Waals surface area contributed by atoms with Gasteiger partial charge in [-0.25, -0.2) is 0 Å². The van der Waals surface area contributed by atoms with Crippen LogP contribution in [-0.2, 0) is 4.79 Å². The molecule has 0 atom stereocenters. The van der Waals surface area contributed by atoms with Gasteiger partial charge in [-0.1, -0.05) is 24.3 Å². The number of piperazine rings is 1. The summed E-state index contributed by atoms with van der Waals surface area (Å²) in [6.07, 6.45) is 2.45. The molecule has 2 aromatic rings. The predicted octanol–water partition coefficient (Wildman–Crippen LogP) is 2.57. The highest BCUT2D eigenvalue weighted by Crippen LogP contribution is 2.28. The maximum absolute atomic E-state index is 10.8. The van der Waals surface area contributed by atoms with Crippen LogP contribution >= 0.6 is 0 Å². The summed E-state index contributed by atoms with van der Waals surface area (Å²) in [5.74, 6) is 0. The zero-order chi connectivity index (χ0) is 17.9. The zero-order valence-electron chi connectivity index (χ0n) is 14.8. The summed E-state index contributed by atoms with van der Waals surface area (Å²) < 4.78 is 0. The van der Waals surface area contributed by atoms with Crippen LogP contribution in [0.2, 0.25) is 0 Å². The first-order valence-electron chi connectivity index (χ1n) is 9.31. The minimum absolute atomic E-state index is 0.142. The second-order valence-electron chi connectivity index (χ2n) is 7.22. The number of benzene rings is 2. The van der Waals surface area contributed by atoms with Gasteiger partial charge in [-0.05, 0) is 48.2 Å². The summed E-state index contributed by atoms with van der Waals surface area (Å²) >= 11 is 0. The lowest BCUT2D eigenvalue weighted by atomic mass is 9.89. The number of anilines is 2. The number of amides is 1. The SMILES string of the molecule is O=CN1CCN(c2ccc(-c3cccc(NC4CC(O)C4)c3)cc2)CC1. The standard InChI is InChI=1S/C21H25N3O2/c25-15-23-8-10-24(11-9-23)20-6-4-16(5-7-20)17-2-1-3-18(12-17)22-19-13-21(26)14-19/h1-7,12,15,19,21-22,26H,8-11,13-14H2. The molecule has 1 amide bonds. The van der Waals surface area contributed by atoms with Crippen LogP contribution in [0.3, 0.4) is 0 Å². The van der Waals surface area contributed by atoms with Crippen LogP contribution in [-0.4, -0.2) is 54.7 Å². The Labute approximate surface area is 154 Å². The Morgan fingerprint density at radius 1 is 0.962 bits per heavy atom. The first kappa shape index (κ1) is 16.9. The van der Waals surface area contributed by atoms with E-state index in [0.29, 0.717) is 6.04 Å². The normalized spacial score (nSPS) is 22.7. The van der Waals surface area contributed by atoms with Crippen molar-refractivity contribution < 1.29 is 9.90 Å². The topological polar surface area (TPSA) is 55.8 Å². The highest BCUT2D eigenvalue weighted by molar-refractivity contribution is 5.70. The number of hydrogen-bond donors (Lipinski definition) is 2. The molecule has 2 fully saturated rings. The van der Waals surface area contributed by atoms with Crippen molar-refractivity contribution in [2.75, 3.05) is 36.4 Å². The van der Waals surface area contributed by atoms with Gasteiger partial charge >= 0.3 is 0 Å². The van der Waals surface area contributed by atoms with Crippen LogP contribution in [0.4, 0.5) is 11.4 Å². The van der Waals surface area contributed by atoms with E-state index in [0.717, 1.165) is 51.1 Å². The molecule has 0 bridgehead atoms. The summed E-state index contributed by atoms with van der Waals surface area (Å²) in [5, 5.41) is 12.9. The molecule has 1 heterocycles. The van der Waals surface area contributed by atoms with Crippen molar-refractivity contribution >= 4 is 17.8 Å². The Morgan fingerprint density at radius 2 is 1.69 bits per heavy atom. The third-order valence-electron chi connectivity index (χ3n) is 5.38. The minimum atomic E-state index is -0.142. The molecule has 1 aliphatic carbocycles. The molecule has 0 spiro atoms. The molecule has 4 rings (SSSR count). The summed E-state index contributed by atoms with van der Waals surface area (Å²) in [6.45, 7) is 3.33. The van der Waals surface area contributed by atoms with E-state index in [4.69, 9.17) is 0 Å². The van der Waals surface area contributed by atoms with Gasteiger partial charge in [-0.3, -0.25) is 4.79 Å². The summed E-state index contributed by atoms with van der Waals surface area (Å²) in [6, 6.07) is 17.5. The van der Waals surface area contributed by atoms with Crippen molar-refractivity contribution in [2.24, 2.45) is 0 Å². The van der Waals surface area contributed by atoms with Gasteiger partial charge in [0.1, 0.15) is 0 Å². The molecule has 136 valence electrons. The van der Waals surface area contributed by atoms with Crippen LogP contribution in [0.25, 0.3) is 11.1 Å². The second-order valence-corrected chi connectivity index (χ2v) is 7.22. The number of carbonyl (C=O) groups excluding carboxylic acids is 1. The Morgan fingerprint density at radius 3 is 2.35 bits per heavy atom. The van der Waals surface area contributed by atoms with E-state index in [1.54, 1.807) is 0 Å². The van der Waals surface area contributed by atoms with E-state index in [-0.39, 0.29) is 6.10 Å². The Hall–Kier alpha value is -2.53. The van der Waals surface area contributed by atoms with Gasteiger partial charge in [-0.15, -0.1) is 0 Å². The summed E-state index contributed by atoms with van der Waals surface area (Å²) in [4.78, 5) is 15.0. The van der Waals surface area contributed by atoms with Crippen molar-refractivity contribution in [3.05, 3.63) is 48.5 Å². The Balaban J connectivity index is 1.42. The minimum Gasteiger partial charge on any atom is -0.393 e. The van der Waals surface area contributed by atoms with Crippen LogP contribution < -0.4 is 10.2 Å². The number of aliphatic hydroxyl groups is 1. The molecule has 2 N–H and O–H groups in total. The molecule has 26 heavy (non-hydrogen) atoms. The average Bonchev–Trinajstić information content (AvgIpc) is 2.67. The Kier molecular flexibility index (Phi) is 4.80. The van der Waals surface area contributed by atoms with E-state index < -0.39 is 0 Å². The number of hydrogen-bond acceptors (Lipinski definition) is 4. The Bertz CT molecular complexity index is 748. The fourth-order valence-corrected chi connectivity index (χ4v) is 3.68. The first-order chi connectivity index (χ1) is 12.7. The monoisotopic (exact) mass is 351 g/mol. The van der Waals surface area contributed by atoms with Gasteiger partial charge < -0.3 is 20.2 Å². The maximum atomic E-state index is 10.8. The number of nitrogens with zero attached hydrogens (tertiary/aromatic N) is 2. The molecular formula is C21H25N3O2. The molecule has 1 saturated heterocycles. The van der Waals surface area contributed by atoms with Gasteiger partial charge in [0.2, 0.25) is 6.41 Å². The van der Waals surface area contributed by atoms with Crippen molar-refractivity contribution in [2.45, 2.75) is 25.0 Å². The van der Waals surface area contributed by atoms with Gasteiger partial charge in [0.15, 0.2) is 0 Å². The van der Waals surface area contributed by atoms with Crippen molar-refractivity contribution in [3.63, 3.8) is 0 Å². The van der Waals surface area contributed by atoms with Crippen LogP contribution in [0.5, 0.6) is 0 Å². The molecule has 1 aliphatic heterocycles. The van der Waals surface area contributed by atoms with Gasteiger partial charge in [0, 0.05) is 43.6 Å². The molecular weight excluding hydrogens is 326 g/mol. The van der Waals surface area contributed by atoms with E-state index >= 15 is 0 Å². The highest BCUT2D eigenvalue weighted by Gasteiger charge is 2.26. The fraction of sp³-hybridized carbons (Fsp3) is 0.381. The van der Waals surface area contributed by atoms with Crippen molar-refractivity contribution in [1.29, 1.82) is 0 Å². The van der Waals surface area contributed by atoms with Crippen molar-refractivity contribution in [3.8, 4) is 11.1 Å². The summed E-state index contributed by atoms with van der Waals surface area (Å²) in [7, 11) is 0. The van der Waals surface area contributed by atoms with Gasteiger partial charge in [0.25, 0.3) is 0 Å². The average molecular weight is 351 g/mol. The third-order valence-corrected chi connectivity index (χ3v) is 5.38.